The van der Waals surface area contributed by atoms with Crippen molar-refractivity contribution in [2.45, 2.75) is 32.9 Å². The molecule has 0 fully saturated rings. The van der Waals surface area contributed by atoms with Crippen molar-refractivity contribution < 1.29 is 22.4 Å². The first-order chi connectivity index (χ1) is 13.3. The molecule has 0 aliphatic heterocycles. The van der Waals surface area contributed by atoms with Crippen LogP contribution in [0.1, 0.15) is 35.4 Å². The lowest BCUT2D eigenvalue weighted by Crippen LogP contribution is -2.22. The van der Waals surface area contributed by atoms with Gasteiger partial charge >= 0.3 is 0 Å². The number of alkyl halides is 4. The Hall–Kier alpha value is -3.24. The monoisotopic (exact) mass is 396 g/mol. The van der Waals surface area contributed by atoms with Crippen molar-refractivity contribution >= 4 is 11.9 Å². The van der Waals surface area contributed by atoms with Crippen molar-refractivity contribution in [1.29, 1.82) is 0 Å². The summed E-state index contributed by atoms with van der Waals surface area (Å²) >= 11 is 0. The van der Waals surface area contributed by atoms with E-state index in [1.807, 2.05) is 31.2 Å². The number of amides is 1. The van der Waals surface area contributed by atoms with Gasteiger partial charge in [-0.3, -0.25) is 14.8 Å². The molecule has 148 valence electrons. The number of nitrogens with zero attached hydrogens (tertiary/aromatic N) is 5. The van der Waals surface area contributed by atoms with Crippen LogP contribution in [-0.2, 0) is 17.9 Å². The van der Waals surface area contributed by atoms with Crippen LogP contribution in [-0.4, -0.2) is 30.5 Å². The Labute approximate surface area is 157 Å². The van der Waals surface area contributed by atoms with Gasteiger partial charge in [0.15, 0.2) is 0 Å². The molecular weight excluding hydrogens is 380 g/mol. The summed E-state index contributed by atoms with van der Waals surface area (Å²) in [5.74, 6) is -0.794. The Morgan fingerprint density at radius 3 is 2.57 bits per heavy atom. The standard InChI is InChI=1S/C17H16F4N6O/c1-10-4-2-3-5-11(10)7-26-9-22-17(25-26)23-14(28)8-27-13(16(20)21)6-12(24-27)15(18)19/h2-6,9,15-16H,7-8H2,1H3,(H,23,25,28). The van der Waals surface area contributed by atoms with Crippen LogP contribution in [0.5, 0.6) is 0 Å². The van der Waals surface area contributed by atoms with E-state index < -0.39 is 36.7 Å². The Balaban J connectivity index is 1.66. The first-order valence-electron chi connectivity index (χ1n) is 8.21. The molecule has 0 spiro atoms. The van der Waals surface area contributed by atoms with Crippen molar-refractivity contribution in [3.05, 3.63) is 59.2 Å². The number of nitrogens with one attached hydrogen (secondary N) is 1. The lowest BCUT2D eigenvalue weighted by atomic mass is 10.1. The van der Waals surface area contributed by atoms with E-state index in [0.29, 0.717) is 17.3 Å². The molecule has 0 saturated carbocycles. The SMILES string of the molecule is Cc1ccccc1Cn1cnc(NC(=O)Cn2nc(C(F)F)cc2C(F)F)n1. The van der Waals surface area contributed by atoms with Gasteiger partial charge in [0.1, 0.15) is 24.3 Å². The minimum Gasteiger partial charge on any atom is -0.292 e. The van der Waals surface area contributed by atoms with Crippen molar-refractivity contribution in [2.24, 2.45) is 0 Å². The third-order valence-corrected chi connectivity index (χ3v) is 3.95. The van der Waals surface area contributed by atoms with Crippen LogP contribution >= 0.6 is 0 Å². The average molecular weight is 396 g/mol. The van der Waals surface area contributed by atoms with Gasteiger partial charge in [-0.25, -0.2) is 27.2 Å². The highest BCUT2D eigenvalue weighted by molar-refractivity contribution is 5.88. The number of carbonyl (C=O) groups excluding carboxylic acids is 1. The molecule has 0 atom stereocenters. The molecule has 3 rings (SSSR count). The van der Waals surface area contributed by atoms with E-state index in [-0.39, 0.29) is 5.95 Å². The zero-order valence-corrected chi connectivity index (χ0v) is 14.7. The summed E-state index contributed by atoms with van der Waals surface area (Å²) in [6.45, 7) is 1.72. The molecule has 1 aromatic carbocycles. The Kier molecular flexibility index (Phi) is 5.71. The molecule has 2 heterocycles. The van der Waals surface area contributed by atoms with E-state index in [1.165, 1.54) is 11.0 Å². The van der Waals surface area contributed by atoms with E-state index >= 15 is 0 Å². The van der Waals surface area contributed by atoms with Crippen LogP contribution in [0.25, 0.3) is 0 Å². The van der Waals surface area contributed by atoms with E-state index in [1.54, 1.807) is 0 Å². The fraction of sp³-hybridized carbons (Fsp3) is 0.294. The minimum atomic E-state index is -3.04. The number of hydrogen-bond donors (Lipinski definition) is 1. The van der Waals surface area contributed by atoms with Crippen LogP contribution in [0.3, 0.4) is 0 Å². The molecule has 2 aromatic heterocycles. The third-order valence-electron chi connectivity index (χ3n) is 3.95. The maximum Gasteiger partial charge on any atom is 0.282 e. The quantitative estimate of drug-likeness (QED) is 0.622. The molecule has 0 saturated heterocycles. The first kappa shape index (κ1) is 19.5. The summed E-state index contributed by atoms with van der Waals surface area (Å²) in [6, 6.07) is 8.26. The van der Waals surface area contributed by atoms with Gasteiger partial charge in [-0.05, 0) is 24.1 Å². The molecule has 0 unspecified atom stereocenters. The highest BCUT2D eigenvalue weighted by Crippen LogP contribution is 2.25. The second-order valence-corrected chi connectivity index (χ2v) is 5.99. The second kappa shape index (κ2) is 8.19. The van der Waals surface area contributed by atoms with Crippen molar-refractivity contribution in [3.63, 3.8) is 0 Å². The largest absolute Gasteiger partial charge is 0.292 e. The highest BCUT2D eigenvalue weighted by Gasteiger charge is 2.22. The molecule has 1 N–H and O–H groups in total. The smallest absolute Gasteiger partial charge is 0.282 e. The third kappa shape index (κ3) is 4.53. The zero-order chi connectivity index (χ0) is 20.3. The van der Waals surface area contributed by atoms with Gasteiger partial charge in [-0.1, -0.05) is 24.3 Å². The number of aryl methyl sites for hydroxylation is 1. The average Bonchev–Trinajstić information content (AvgIpc) is 3.24. The molecule has 0 aliphatic rings. The molecule has 7 nitrogen and oxygen atoms in total. The lowest BCUT2D eigenvalue weighted by molar-refractivity contribution is -0.117. The van der Waals surface area contributed by atoms with E-state index in [4.69, 9.17) is 0 Å². The van der Waals surface area contributed by atoms with Gasteiger partial charge in [0.25, 0.3) is 12.9 Å². The van der Waals surface area contributed by atoms with E-state index in [2.05, 4.69) is 20.5 Å². The van der Waals surface area contributed by atoms with Crippen LogP contribution in [0.4, 0.5) is 23.5 Å². The zero-order valence-electron chi connectivity index (χ0n) is 14.7. The summed E-state index contributed by atoms with van der Waals surface area (Å²) in [7, 11) is 0. The Morgan fingerprint density at radius 1 is 1.14 bits per heavy atom. The number of benzene rings is 1. The first-order valence-corrected chi connectivity index (χ1v) is 8.21. The molecule has 28 heavy (non-hydrogen) atoms. The molecule has 0 radical (unpaired) electrons. The fourth-order valence-corrected chi connectivity index (χ4v) is 2.55. The van der Waals surface area contributed by atoms with Crippen LogP contribution < -0.4 is 5.32 Å². The molecular formula is C17H16F4N6O. The minimum absolute atomic E-state index is 0.0292. The van der Waals surface area contributed by atoms with E-state index in [0.717, 1.165) is 11.1 Å². The summed E-state index contributed by atoms with van der Waals surface area (Å²) in [5.41, 5.74) is 0.506. The fourth-order valence-electron chi connectivity index (χ4n) is 2.55. The van der Waals surface area contributed by atoms with Gasteiger partial charge in [0.2, 0.25) is 11.9 Å². The van der Waals surface area contributed by atoms with Gasteiger partial charge in [-0.2, -0.15) is 5.10 Å². The topological polar surface area (TPSA) is 77.6 Å². The summed E-state index contributed by atoms with van der Waals surface area (Å²) in [6.07, 6.45) is -4.64. The normalized spacial score (nSPS) is 11.4. The number of anilines is 1. The van der Waals surface area contributed by atoms with Crippen molar-refractivity contribution in [3.8, 4) is 0 Å². The number of rotatable bonds is 7. The summed E-state index contributed by atoms with van der Waals surface area (Å²) in [5, 5.41) is 9.80. The molecule has 1 amide bonds. The summed E-state index contributed by atoms with van der Waals surface area (Å²) < 4.78 is 53.3. The van der Waals surface area contributed by atoms with Crippen LogP contribution in [0.2, 0.25) is 0 Å². The molecule has 3 aromatic rings. The maximum atomic E-state index is 13.0. The molecule has 11 heteroatoms. The van der Waals surface area contributed by atoms with Crippen molar-refractivity contribution in [2.75, 3.05) is 5.32 Å². The number of hydrogen-bond acceptors (Lipinski definition) is 4. The number of aromatic nitrogens is 5. The lowest BCUT2D eigenvalue weighted by Gasteiger charge is -2.06. The summed E-state index contributed by atoms with van der Waals surface area (Å²) in [4.78, 5) is 16.0. The second-order valence-electron chi connectivity index (χ2n) is 5.99. The predicted molar refractivity (Wildman–Crippen MR) is 91.1 cm³/mol. The number of carbonyl (C=O) groups is 1. The van der Waals surface area contributed by atoms with Crippen molar-refractivity contribution in [1.82, 2.24) is 24.5 Å². The van der Waals surface area contributed by atoms with Gasteiger partial charge in [0.05, 0.1) is 6.54 Å². The highest BCUT2D eigenvalue weighted by atomic mass is 19.3. The van der Waals surface area contributed by atoms with E-state index in [9.17, 15) is 22.4 Å². The Bertz CT molecular complexity index is 968. The van der Waals surface area contributed by atoms with Gasteiger partial charge in [-0.15, -0.1) is 5.10 Å². The maximum absolute atomic E-state index is 13.0. The van der Waals surface area contributed by atoms with Crippen LogP contribution in [0.15, 0.2) is 36.7 Å². The van der Waals surface area contributed by atoms with Gasteiger partial charge < -0.3 is 0 Å². The molecule has 0 aliphatic carbocycles. The van der Waals surface area contributed by atoms with Gasteiger partial charge in [0, 0.05) is 0 Å². The predicted octanol–water partition coefficient (Wildman–Crippen LogP) is 3.35. The van der Waals surface area contributed by atoms with Crippen LogP contribution in [0, 0.1) is 6.92 Å². The Morgan fingerprint density at radius 2 is 1.89 bits per heavy atom. The number of halogens is 4. The molecule has 0 bridgehead atoms.